The van der Waals surface area contributed by atoms with Crippen LogP contribution in [0, 0.1) is 0 Å². The van der Waals surface area contributed by atoms with Gasteiger partial charge in [0.25, 0.3) is 5.91 Å². The number of carbonyl (C=O) groups excluding carboxylic acids is 2. The zero-order valence-electron chi connectivity index (χ0n) is 13.1. The Morgan fingerprint density at radius 3 is 2.52 bits per heavy atom. The van der Waals surface area contributed by atoms with Gasteiger partial charge in [-0.2, -0.15) is 0 Å². The van der Waals surface area contributed by atoms with Crippen LogP contribution in [0.25, 0.3) is 0 Å². The lowest BCUT2D eigenvalue weighted by atomic mass is 10.2. The average molecular weight is 322 g/mol. The monoisotopic (exact) mass is 322 g/mol. The highest BCUT2D eigenvalue weighted by Crippen LogP contribution is 2.17. The van der Waals surface area contributed by atoms with Crippen molar-refractivity contribution in [1.29, 1.82) is 0 Å². The molecule has 3 N–H and O–H groups in total. The third kappa shape index (κ3) is 7.30. The Balaban J connectivity index is 2.29. The average Bonchev–Trinajstić information content (AvgIpc) is 2.52. The number of carboxylic acid groups (broad SMARTS) is 1. The van der Waals surface area contributed by atoms with Gasteiger partial charge in [-0.15, -0.1) is 0 Å². The Bertz CT molecular complexity index is 545. The minimum atomic E-state index is -0.953. The van der Waals surface area contributed by atoms with Crippen molar-refractivity contribution in [3.05, 3.63) is 29.8 Å². The number of benzene rings is 1. The first-order chi connectivity index (χ1) is 11.0. The van der Waals surface area contributed by atoms with E-state index in [2.05, 4.69) is 10.6 Å². The molecule has 0 saturated heterocycles. The van der Waals surface area contributed by atoms with E-state index in [9.17, 15) is 14.4 Å². The molecule has 0 aromatic heterocycles. The van der Waals surface area contributed by atoms with Gasteiger partial charge >= 0.3 is 5.97 Å². The summed E-state index contributed by atoms with van der Waals surface area (Å²) in [7, 11) is 0. The number of rotatable bonds is 10. The molecular weight excluding hydrogens is 300 g/mol. The minimum absolute atomic E-state index is 0.101. The number of ether oxygens (including phenoxy) is 1. The van der Waals surface area contributed by atoms with Crippen molar-refractivity contribution < 1.29 is 24.2 Å². The maximum Gasteiger partial charge on any atom is 0.305 e. The molecule has 0 spiro atoms. The maximum absolute atomic E-state index is 12.1. The Morgan fingerprint density at radius 2 is 1.83 bits per heavy atom. The van der Waals surface area contributed by atoms with Gasteiger partial charge in [-0.3, -0.25) is 14.4 Å². The number of amides is 2. The van der Waals surface area contributed by atoms with Gasteiger partial charge in [0.15, 0.2) is 0 Å². The van der Waals surface area contributed by atoms with Crippen molar-refractivity contribution in [2.75, 3.05) is 19.7 Å². The van der Waals surface area contributed by atoms with Gasteiger partial charge < -0.3 is 20.5 Å². The molecule has 0 fully saturated rings. The molecule has 1 aromatic rings. The van der Waals surface area contributed by atoms with E-state index in [1.165, 1.54) is 0 Å². The summed E-state index contributed by atoms with van der Waals surface area (Å²) in [5.74, 6) is -0.903. The first kappa shape index (κ1) is 18.5. The molecule has 0 bridgehead atoms. The van der Waals surface area contributed by atoms with Crippen LogP contribution >= 0.6 is 0 Å². The smallest absolute Gasteiger partial charge is 0.305 e. The minimum Gasteiger partial charge on any atom is -0.493 e. The highest BCUT2D eigenvalue weighted by molar-refractivity contribution is 5.96. The lowest BCUT2D eigenvalue weighted by Crippen LogP contribution is -2.28. The molecule has 1 aromatic carbocycles. The van der Waals surface area contributed by atoms with Gasteiger partial charge in [0.2, 0.25) is 5.91 Å². The molecule has 0 saturated carbocycles. The van der Waals surface area contributed by atoms with Crippen LogP contribution in [-0.4, -0.2) is 42.6 Å². The zero-order valence-corrected chi connectivity index (χ0v) is 13.1. The molecule has 0 aliphatic carbocycles. The molecule has 126 valence electrons. The number of hydrogen-bond acceptors (Lipinski definition) is 4. The van der Waals surface area contributed by atoms with Gasteiger partial charge in [-0.1, -0.05) is 12.1 Å². The molecule has 0 aliphatic heterocycles. The van der Waals surface area contributed by atoms with Crippen LogP contribution in [0.3, 0.4) is 0 Å². The number of carboxylic acids is 1. The fraction of sp³-hybridized carbons (Fsp3) is 0.438. The van der Waals surface area contributed by atoms with Crippen molar-refractivity contribution in [2.45, 2.75) is 26.2 Å². The highest BCUT2D eigenvalue weighted by Gasteiger charge is 2.11. The summed E-state index contributed by atoms with van der Waals surface area (Å²) < 4.78 is 5.39. The normalized spacial score (nSPS) is 9.96. The van der Waals surface area contributed by atoms with Crippen LogP contribution in [-0.2, 0) is 9.59 Å². The molecule has 0 heterocycles. The molecular formula is C16H22N2O5. The van der Waals surface area contributed by atoms with Crippen LogP contribution in [0.5, 0.6) is 5.75 Å². The topological polar surface area (TPSA) is 105 Å². The van der Waals surface area contributed by atoms with Gasteiger partial charge in [0, 0.05) is 19.5 Å². The number of carbonyl (C=O) groups is 3. The number of para-hydroxylation sites is 1. The van der Waals surface area contributed by atoms with E-state index in [1.54, 1.807) is 24.3 Å². The summed E-state index contributed by atoms with van der Waals surface area (Å²) in [6.45, 7) is 2.78. The molecule has 23 heavy (non-hydrogen) atoms. The van der Waals surface area contributed by atoms with Crippen LogP contribution in [0.4, 0.5) is 0 Å². The fourth-order valence-electron chi connectivity index (χ4n) is 1.88. The first-order valence-electron chi connectivity index (χ1n) is 7.53. The van der Waals surface area contributed by atoms with E-state index in [0.29, 0.717) is 30.9 Å². The largest absolute Gasteiger partial charge is 0.493 e. The van der Waals surface area contributed by atoms with Crippen molar-refractivity contribution in [3.8, 4) is 5.75 Å². The van der Waals surface area contributed by atoms with Crippen molar-refractivity contribution in [3.63, 3.8) is 0 Å². The summed E-state index contributed by atoms with van der Waals surface area (Å²) in [4.78, 5) is 33.8. The lowest BCUT2D eigenvalue weighted by molar-refractivity contribution is -0.136. The molecule has 7 heteroatoms. The second kappa shape index (κ2) is 10.2. The Kier molecular flexibility index (Phi) is 8.20. The Morgan fingerprint density at radius 1 is 1.09 bits per heavy atom. The van der Waals surface area contributed by atoms with Crippen molar-refractivity contribution in [1.82, 2.24) is 10.6 Å². The SMILES string of the molecule is CCOc1ccccc1C(=O)NCCCC(=O)NCCC(=O)O. The molecule has 0 unspecified atom stereocenters. The standard InChI is InChI=1S/C16H22N2O5/c1-2-23-13-7-4-3-6-12(13)16(22)18-10-5-8-14(19)17-11-9-15(20)21/h3-4,6-7H,2,5,8-11H2,1H3,(H,17,19)(H,18,22)(H,20,21). The van der Waals surface area contributed by atoms with E-state index < -0.39 is 5.97 Å². The van der Waals surface area contributed by atoms with E-state index in [4.69, 9.17) is 9.84 Å². The second-order valence-electron chi connectivity index (χ2n) is 4.78. The summed E-state index contributed by atoms with van der Waals surface area (Å²) in [6, 6.07) is 6.96. The van der Waals surface area contributed by atoms with Crippen LogP contribution in [0.2, 0.25) is 0 Å². The number of aliphatic carboxylic acids is 1. The van der Waals surface area contributed by atoms with E-state index in [1.807, 2.05) is 6.92 Å². The zero-order chi connectivity index (χ0) is 17.1. The van der Waals surface area contributed by atoms with Gasteiger partial charge in [-0.05, 0) is 25.5 Å². The van der Waals surface area contributed by atoms with Crippen LogP contribution in [0.1, 0.15) is 36.5 Å². The molecule has 7 nitrogen and oxygen atoms in total. The molecule has 2 amide bonds. The number of hydrogen-bond donors (Lipinski definition) is 3. The summed E-state index contributed by atoms with van der Waals surface area (Å²) in [5, 5.41) is 13.7. The van der Waals surface area contributed by atoms with Gasteiger partial charge in [0.1, 0.15) is 5.75 Å². The Hall–Kier alpha value is -2.57. The van der Waals surface area contributed by atoms with Gasteiger partial charge in [-0.25, -0.2) is 0 Å². The molecule has 0 atom stereocenters. The Labute approximate surface area is 135 Å². The summed E-state index contributed by atoms with van der Waals surface area (Å²) in [5.41, 5.74) is 0.459. The summed E-state index contributed by atoms with van der Waals surface area (Å²) >= 11 is 0. The third-order valence-corrected chi connectivity index (χ3v) is 2.96. The molecule has 0 aliphatic rings. The lowest BCUT2D eigenvalue weighted by Gasteiger charge is -2.10. The number of nitrogens with one attached hydrogen (secondary N) is 2. The molecule has 1 rings (SSSR count). The van der Waals surface area contributed by atoms with E-state index >= 15 is 0 Å². The van der Waals surface area contributed by atoms with E-state index in [-0.39, 0.29) is 31.2 Å². The quantitative estimate of drug-likeness (QED) is 0.561. The van der Waals surface area contributed by atoms with Crippen molar-refractivity contribution in [2.24, 2.45) is 0 Å². The van der Waals surface area contributed by atoms with E-state index in [0.717, 1.165) is 0 Å². The van der Waals surface area contributed by atoms with Crippen LogP contribution in [0.15, 0.2) is 24.3 Å². The first-order valence-corrected chi connectivity index (χ1v) is 7.53. The highest BCUT2D eigenvalue weighted by atomic mass is 16.5. The third-order valence-electron chi connectivity index (χ3n) is 2.96. The molecule has 0 radical (unpaired) electrons. The van der Waals surface area contributed by atoms with Gasteiger partial charge in [0.05, 0.1) is 18.6 Å². The second-order valence-corrected chi connectivity index (χ2v) is 4.78. The van der Waals surface area contributed by atoms with Crippen molar-refractivity contribution >= 4 is 17.8 Å². The van der Waals surface area contributed by atoms with Crippen LogP contribution < -0.4 is 15.4 Å². The predicted molar refractivity (Wildman–Crippen MR) is 84.4 cm³/mol. The maximum atomic E-state index is 12.1. The fourth-order valence-corrected chi connectivity index (χ4v) is 1.88. The summed E-state index contributed by atoms with van der Waals surface area (Å²) in [6.07, 6.45) is 0.602. The predicted octanol–water partition coefficient (Wildman–Crippen LogP) is 1.19.